The fourth-order valence-corrected chi connectivity index (χ4v) is 3.04. The Hall–Kier alpha value is -1.41. The van der Waals surface area contributed by atoms with Crippen molar-refractivity contribution in [3.05, 3.63) is 33.8 Å². The number of halogens is 2. The molecule has 0 aliphatic carbocycles. The first kappa shape index (κ1) is 16.4. The van der Waals surface area contributed by atoms with Gasteiger partial charge >= 0.3 is 0 Å². The number of aromatic nitrogens is 2. The van der Waals surface area contributed by atoms with Gasteiger partial charge < -0.3 is 15.4 Å². The van der Waals surface area contributed by atoms with Crippen molar-refractivity contribution in [1.82, 2.24) is 15.5 Å². The van der Waals surface area contributed by atoms with Gasteiger partial charge in [0.05, 0.1) is 23.4 Å². The Kier molecular flexibility index (Phi) is 5.01. The summed E-state index contributed by atoms with van der Waals surface area (Å²) in [7, 11) is 0. The van der Waals surface area contributed by atoms with Gasteiger partial charge in [-0.15, -0.1) is 0 Å². The van der Waals surface area contributed by atoms with Crippen LogP contribution >= 0.6 is 27.5 Å². The van der Waals surface area contributed by atoms with Crippen LogP contribution in [0.2, 0.25) is 5.02 Å². The van der Waals surface area contributed by atoms with Crippen LogP contribution in [-0.4, -0.2) is 41.4 Å². The van der Waals surface area contributed by atoms with E-state index in [1.807, 2.05) is 19.1 Å². The first-order chi connectivity index (χ1) is 11.0. The summed E-state index contributed by atoms with van der Waals surface area (Å²) in [6.45, 7) is 3.13. The van der Waals surface area contributed by atoms with E-state index in [1.165, 1.54) is 0 Å². The lowest BCUT2D eigenvalue weighted by Crippen LogP contribution is -2.53. The fourth-order valence-electron chi connectivity index (χ4n) is 2.46. The molecule has 0 radical (unpaired) electrons. The fraction of sp³-hybridized carbons (Fsp3) is 0.333. The third-order valence-electron chi connectivity index (χ3n) is 3.65. The van der Waals surface area contributed by atoms with Crippen LogP contribution in [0.1, 0.15) is 6.92 Å². The Labute approximate surface area is 147 Å². The summed E-state index contributed by atoms with van der Waals surface area (Å²) in [6, 6.07) is 6.91. The molecule has 2 heterocycles. The summed E-state index contributed by atoms with van der Waals surface area (Å²) in [5.74, 6) is 0.274. The Bertz CT molecular complexity index is 721. The summed E-state index contributed by atoms with van der Waals surface area (Å²) in [5.41, 5.74) is 1.54. The van der Waals surface area contributed by atoms with Crippen molar-refractivity contribution in [2.75, 3.05) is 18.5 Å². The number of anilines is 1. The first-order valence-electron chi connectivity index (χ1n) is 7.21. The maximum Gasteiger partial charge on any atom is 0.245 e. The highest BCUT2D eigenvalue weighted by Gasteiger charge is 2.28. The maximum absolute atomic E-state index is 12.3. The Morgan fingerprint density at radius 1 is 1.48 bits per heavy atom. The molecule has 0 bridgehead atoms. The van der Waals surface area contributed by atoms with Crippen molar-refractivity contribution < 1.29 is 9.53 Å². The van der Waals surface area contributed by atoms with Crippen LogP contribution in [0.25, 0.3) is 11.3 Å². The molecule has 1 aromatic heterocycles. The molecule has 23 heavy (non-hydrogen) atoms. The van der Waals surface area contributed by atoms with Crippen molar-refractivity contribution in [3.63, 3.8) is 0 Å². The summed E-state index contributed by atoms with van der Waals surface area (Å²) in [6.07, 6.45) is -0.179. The van der Waals surface area contributed by atoms with Gasteiger partial charge in [-0.3, -0.25) is 9.89 Å². The van der Waals surface area contributed by atoms with Crippen molar-refractivity contribution in [2.45, 2.75) is 19.1 Å². The molecule has 0 spiro atoms. The lowest BCUT2D eigenvalue weighted by molar-refractivity contribution is -0.123. The molecule has 0 unspecified atom stereocenters. The van der Waals surface area contributed by atoms with Gasteiger partial charge in [-0.1, -0.05) is 27.5 Å². The molecule has 3 N–H and O–H groups in total. The smallest absolute Gasteiger partial charge is 0.245 e. The van der Waals surface area contributed by atoms with E-state index in [0.29, 0.717) is 24.0 Å². The molecule has 1 aliphatic heterocycles. The number of amides is 1. The first-order valence-corrected chi connectivity index (χ1v) is 8.38. The summed E-state index contributed by atoms with van der Waals surface area (Å²) < 4.78 is 6.39. The molecular formula is C15H16BrClN4O2. The van der Waals surface area contributed by atoms with E-state index in [-0.39, 0.29) is 12.0 Å². The topological polar surface area (TPSA) is 79.0 Å². The number of H-pyrrole nitrogens is 1. The number of rotatable bonds is 3. The number of nitrogens with one attached hydrogen (secondary N) is 3. The van der Waals surface area contributed by atoms with Gasteiger partial charge in [0.25, 0.3) is 0 Å². The molecule has 1 aliphatic rings. The average molecular weight is 400 g/mol. The minimum Gasteiger partial charge on any atom is -0.375 e. The van der Waals surface area contributed by atoms with Gasteiger partial charge in [-0.25, -0.2) is 0 Å². The van der Waals surface area contributed by atoms with Crippen molar-refractivity contribution in [2.24, 2.45) is 0 Å². The van der Waals surface area contributed by atoms with Crippen molar-refractivity contribution >= 4 is 39.3 Å². The van der Waals surface area contributed by atoms with Crippen molar-refractivity contribution in [1.29, 1.82) is 0 Å². The second kappa shape index (κ2) is 7.00. The molecule has 2 atom stereocenters. The largest absolute Gasteiger partial charge is 0.375 e. The quantitative estimate of drug-likeness (QED) is 0.741. The number of ether oxygens (including phenoxy) is 1. The number of morpholine rings is 1. The number of carbonyl (C=O) groups excluding carboxylic acids is 1. The van der Waals surface area contributed by atoms with E-state index in [9.17, 15) is 4.79 Å². The Balaban J connectivity index is 1.74. The van der Waals surface area contributed by atoms with Gasteiger partial charge in [-0.2, -0.15) is 5.10 Å². The average Bonchev–Trinajstić information content (AvgIpc) is 2.98. The minimum absolute atomic E-state index is 0.171. The van der Waals surface area contributed by atoms with Crippen LogP contribution in [-0.2, 0) is 9.53 Å². The monoisotopic (exact) mass is 398 g/mol. The summed E-state index contributed by atoms with van der Waals surface area (Å²) >= 11 is 9.62. The van der Waals surface area contributed by atoms with Crippen LogP contribution in [0.4, 0.5) is 5.82 Å². The van der Waals surface area contributed by atoms with Gasteiger partial charge in [-0.05, 0) is 25.1 Å². The summed E-state index contributed by atoms with van der Waals surface area (Å²) in [4.78, 5) is 12.3. The third-order valence-corrected chi connectivity index (χ3v) is 4.47. The number of aromatic amines is 1. The number of carbonyl (C=O) groups is 1. The molecule has 0 saturated carbocycles. The van der Waals surface area contributed by atoms with E-state index >= 15 is 0 Å². The van der Waals surface area contributed by atoms with Gasteiger partial charge in [0.2, 0.25) is 5.91 Å². The number of hydrogen-bond donors (Lipinski definition) is 3. The molecule has 1 fully saturated rings. The zero-order valence-electron chi connectivity index (χ0n) is 12.4. The molecule has 1 aromatic carbocycles. The van der Waals surface area contributed by atoms with Crippen LogP contribution in [0, 0.1) is 0 Å². The molecule has 122 valence electrons. The standard InChI is InChI=1S/C15H16BrClN4O2/c1-8-14(18-4-5-23-8)15(22)19-13-7-12(20-21-13)10-6-9(16)2-3-11(10)17/h2-3,6-8,14,18H,4-5H2,1H3,(H2,19,20,21,22)/t8-,14+/m1/s1. The van der Waals surface area contributed by atoms with E-state index in [2.05, 4.69) is 36.8 Å². The molecule has 2 aromatic rings. The zero-order chi connectivity index (χ0) is 16.4. The molecular weight excluding hydrogens is 384 g/mol. The number of hydrogen-bond acceptors (Lipinski definition) is 4. The highest BCUT2D eigenvalue weighted by atomic mass is 79.9. The van der Waals surface area contributed by atoms with E-state index in [0.717, 1.165) is 15.7 Å². The second-order valence-electron chi connectivity index (χ2n) is 5.29. The second-order valence-corrected chi connectivity index (χ2v) is 6.61. The van der Waals surface area contributed by atoms with E-state index < -0.39 is 6.04 Å². The van der Waals surface area contributed by atoms with Gasteiger partial charge in [0.1, 0.15) is 6.04 Å². The Morgan fingerprint density at radius 3 is 3.09 bits per heavy atom. The van der Waals surface area contributed by atoms with Crippen LogP contribution in [0.15, 0.2) is 28.7 Å². The normalized spacial score (nSPS) is 21.2. The molecule has 6 nitrogen and oxygen atoms in total. The maximum atomic E-state index is 12.3. The van der Waals surface area contributed by atoms with Gasteiger partial charge in [0, 0.05) is 22.6 Å². The zero-order valence-corrected chi connectivity index (χ0v) is 14.7. The predicted octanol–water partition coefficient (Wildman–Crippen LogP) is 2.81. The van der Waals surface area contributed by atoms with E-state index in [4.69, 9.17) is 16.3 Å². The predicted molar refractivity (Wildman–Crippen MR) is 92.6 cm³/mol. The van der Waals surface area contributed by atoms with Crippen LogP contribution < -0.4 is 10.6 Å². The summed E-state index contributed by atoms with van der Waals surface area (Å²) in [5, 5.41) is 13.5. The lowest BCUT2D eigenvalue weighted by Gasteiger charge is -2.28. The number of nitrogens with zero attached hydrogens (tertiary/aromatic N) is 1. The highest BCUT2D eigenvalue weighted by molar-refractivity contribution is 9.10. The van der Waals surface area contributed by atoms with Gasteiger partial charge in [0.15, 0.2) is 5.82 Å². The van der Waals surface area contributed by atoms with E-state index in [1.54, 1.807) is 12.1 Å². The molecule has 3 rings (SSSR count). The SMILES string of the molecule is C[C@H]1OCCN[C@@H]1C(=O)Nc1cc(-c2cc(Br)ccc2Cl)[nH]n1. The Morgan fingerprint density at radius 2 is 2.30 bits per heavy atom. The highest BCUT2D eigenvalue weighted by Crippen LogP contribution is 2.30. The third kappa shape index (κ3) is 3.74. The van der Waals surface area contributed by atoms with Crippen molar-refractivity contribution in [3.8, 4) is 11.3 Å². The minimum atomic E-state index is -0.390. The van der Waals surface area contributed by atoms with Crippen LogP contribution in [0.3, 0.4) is 0 Å². The van der Waals surface area contributed by atoms with Crippen LogP contribution in [0.5, 0.6) is 0 Å². The lowest BCUT2D eigenvalue weighted by atomic mass is 10.1. The molecule has 8 heteroatoms. The number of benzene rings is 1. The molecule has 1 amide bonds. The molecule has 1 saturated heterocycles.